The number of carbonyl (C=O) groups is 1. The summed E-state index contributed by atoms with van der Waals surface area (Å²) in [5.41, 5.74) is 0.751. The lowest BCUT2D eigenvalue weighted by molar-refractivity contribution is 0.0697. The summed E-state index contributed by atoms with van der Waals surface area (Å²) < 4.78 is 5.23. The van der Waals surface area contributed by atoms with Crippen LogP contribution in [-0.2, 0) is 0 Å². The first-order valence-electron chi connectivity index (χ1n) is 8.67. The molecule has 2 N–H and O–H groups in total. The number of hydrogen-bond acceptors (Lipinski definition) is 4. The van der Waals surface area contributed by atoms with Crippen molar-refractivity contribution in [2.24, 2.45) is 0 Å². The monoisotopic (exact) mass is 406 g/mol. The maximum absolute atomic E-state index is 12.3. The average Bonchev–Trinajstić information content (AvgIpc) is 2.72. The number of H-pyrrole nitrogens is 1. The molecule has 4 aromatic rings. The Labute approximate surface area is 170 Å². The average molecular weight is 407 g/mol. The van der Waals surface area contributed by atoms with Crippen LogP contribution in [0, 0.1) is 0 Å². The number of nitrogens with zero attached hydrogens (tertiary/aromatic N) is 1. The number of rotatable bonds is 4. The van der Waals surface area contributed by atoms with Crippen LogP contribution < -0.4 is 10.3 Å². The lowest BCUT2D eigenvalue weighted by Gasteiger charge is -2.05. The van der Waals surface area contributed by atoms with Crippen molar-refractivity contribution >= 4 is 50.4 Å². The van der Waals surface area contributed by atoms with Crippen molar-refractivity contribution in [3.63, 3.8) is 0 Å². The molecule has 7 heteroatoms. The molecule has 0 aliphatic heterocycles. The molecule has 0 spiro atoms. The van der Waals surface area contributed by atoms with Crippen LogP contribution in [0.25, 0.3) is 32.8 Å². The topological polar surface area (TPSA) is 92.3 Å². The van der Waals surface area contributed by atoms with E-state index in [1.807, 2.05) is 36.4 Å². The zero-order valence-corrected chi connectivity index (χ0v) is 16.0. The maximum atomic E-state index is 12.3. The van der Waals surface area contributed by atoms with Gasteiger partial charge in [0.1, 0.15) is 5.75 Å². The highest BCUT2D eigenvalue weighted by atomic mass is 35.5. The number of aromatic amines is 1. The molecule has 6 nitrogen and oxygen atoms in total. The van der Waals surface area contributed by atoms with Crippen molar-refractivity contribution < 1.29 is 14.6 Å². The van der Waals surface area contributed by atoms with E-state index in [2.05, 4.69) is 9.97 Å². The lowest BCUT2D eigenvalue weighted by Crippen LogP contribution is -2.11. The normalized spacial score (nSPS) is 11.7. The SMILES string of the molecule is COc1ccc2cc(/C=C(\Cl)c3nc4cc(C(=O)O)ccc4c(=O)[nH]3)ccc2c1. The highest BCUT2D eigenvalue weighted by Crippen LogP contribution is 2.25. The van der Waals surface area contributed by atoms with E-state index in [0.717, 1.165) is 22.1 Å². The smallest absolute Gasteiger partial charge is 0.335 e. The van der Waals surface area contributed by atoms with Crippen LogP contribution in [0.15, 0.2) is 59.4 Å². The Hall–Kier alpha value is -3.64. The van der Waals surface area contributed by atoms with E-state index in [4.69, 9.17) is 21.4 Å². The molecule has 0 unspecified atom stereocenters. The van der Waals surface area contributed by atoms with Gasteiger partial charge in [-0.05, 0) is 58.8 Å². The first-order chi connectivity index (χ1) is 13.9. The minimum Gasteiger partial charge on any atom is -0.497 e. The van der Waals surface area contributed by atoms with Gasteiger partial charge in [-0.1, -0.05) is 29.8 Å². The summed E-state index contributed by atoms with van der Waals surface area (Å²) in [6, 6.07) is 15.7. The maximum Gasteiger partial charge on any atom is 0.335 e. The van der Waals surface area contributed by atoms with Crippen LogP contribution in [0.1, 0.15) is 21.7 Å². The molecule has 0 atom stereocenters. The van der Waals surface area contributed by atoms with Gasteiger partial charge in [-0.15, -0.1) is 0 Å². The van der Waals surface area contributed by atoms with E-state index in [1.165, 1.54) is 18.2 Å². The predicted molar refractivity (Wildman–Crippen MR) is 114 cm³/mol. The number of methoxy groups -OCH3 is 1. The Kier molecular flexibility index (Phi) is 4.78. The molecule has 0 bridgehead atoms. The highest BCUT2D eigenvalue weighted by Gasteiger charge is 2.10. The largest absolute Gasteiger partial charge is 0.497 e. The number of ether oxygens (including phenoxy) is 1. The molecular weight excluding hydrogens is 392 g/mol. The number of nitrogens with one attached hydrogen (secondary N) is 1. The number of fused-ring (bicyclic) bond motifs is 2. The zero-order valence-electron chi connectivity index (χ0n) is 15.3. The molecule has 1 heterocycles. The molecule has 0 saturated heterocycles. The summed E-state index contributed by atoms with van der Waals surface area (Å²) >= 11 is 6.41. The molecule has 144 valence electrons. The van der Waals surface area contributed by atoms with Gasteiger partial charge in [0, 0.05) is 0 Å². The molecule has 0 radical (unpaired) electrons. The molecule has 0 saturated carbocycles. The van der Waals surface area contributed by atoms with E-state index in [0.29, 0.717) is 5.39 Å². The molecule has 3 aromatic carbocycles. The van der Waals surface area contributed by atoms with Crippen LogP contribution in [0.4, 0.5) is 0 Å². The Morgan fingerprint density at radius 2 is 1.86 bits per heavy atom. The third-order valence-corrected chi connectivity index (χ3v) is 4.83. The minimum atomic E-state index is -1.09. The third kappa shape index (κ3) is 3.70. The van der Waals surface area contributed by atoms with Crippen molar-refractivity contribution in [1.82, 2.24) is 9.97 Å². The molecule has 1 aromatic heterocycles. The van der Waals surface area contributed by atoms with Gasteiger partial charge in [-0.3, -0.25) is 4.79 Å². The van der Waals surface area contributed by atoms with Crippen molar-refractivity contribution in [2.45, 2.75) is 0 Å². The highest BCUT2D eigenvalue weighted by molar-refractivity contribution is 6.50. The van der Waals surface area contributed by atoms with Crippen LogP contribution in [-0.4, -0.2) is 28.2 Å². The van der Waals surface area contributed by atoms with Gasteiger partial charge >= 0.3 is 5.97 Å². The molecule has 0 fully saturated rings. The Morgan fingerprint density at radius 1 is 1.10 bits per heavy atom. The van der Waals surface area contributed by atoms with E-state index in [1.54, 1.807) is 13.2 Å². The fourth-order valence-corrected chi connectivity index (χ4v) is 3.27. The van der Waals surface area contributed by atoms with Crippen LogP contribution in [0.2, 0.25) is 0 Å². The van der Waals surface area contributed by atoms with E-state index in [9.17, 15) is 9.59 Å². The molecule has 29 heavy (non-hydrogen) atoms. The second-order valence-corrected chi connectivity index (χ2v) is 6.82. The van der Waals surface area contributed by atoms with E-state index < -0.39 is 5.97 Å². The summed E-state index contributed by atoms with van der Waals surface area (Å²) in [6.07, 6.45) is 1.69. The number of halogens is 1. The second-order valence-electron chi connectivity index (χ2n) is 6.42. The first-order valence-corrected chi connectivity index (χ1v) is 9.05. The fraction of sp³-hybridized carbons (Fsp3) is 0.0455. The van der Waals surface area contributed by atoms with Crippen molar-refractivity contribution in [3.05, 3.63) is 81.9 Å². The van der Waals surface area contributed by atoms with Crippen molar-refractivity contribution in [3.8, 4) is 5.75 Å². The number of aromatic nitrogens is 2. The van der Waals surface area contributed by atoms with Gasteiger partial charge < -0.3 is 14.8 Å². The molecule has 0 amide bonds. The summed E-state index contributed by atoms with van der Waals surface area (Å²) in [5, 5.41) is 11.7. The number of hydrogen-bond donors (Lipinski definition) is 2. The number of aromatic carboxylic acids is 1. The third-order valence-electron chi connectivity index (χ3n) is 4.54. The number of benzene rings is 3. The van der Waals surface area contributed by atoms with Gasteiger partial charge in [-0.2, -0.15) is 0 Å². The zero-order chi connectivity index (χ0) is 20.5. The van der Waals surface area contributed by atoms with Gasteiger partial charge in [0.25, 0.3) is 5.56 Å². The molecule has 4 rings (SSSR count). The van der Waals surface area contributed by atoms with Crippen LogP contribution in [0.3, 0.4) is 0 Å². The van der Waals surface area contributed by atoms with E-state index >= 15 is 0 Å². The molecule has 0 aliphatic rings. The van der Waals surface area contributed by atoms with Crippen molar-refractivity contribution in [2.75, 3.05) is 7.11 Å². The summed E-state index contributed by atoms with van der Waals surface area (Å²) in [4.78, 5) is 30.5. The quantitative estimate of drug-likeness (QED) is 0.519. The minimum absolute atomic E-state index is 0.0478. The fourth-order valence-electron chi connectivity index (χ4n) is 3.06. The van der Waals surface area contributed by atoms with Gasteiger partial charge in [0.2, 0.25) is 0 Å². The Bertz CT molecular complexity index is 1360. The summed E-state index contributed by atoms with van der Waals surface area (Å²) in [5.74, 6) is -0.149. The Morgan fingerprint density at radius 3 is 2.62 bits per heavy atom. The summed E-state index contributed by atoms with van der Waals surface area (Å²) in [7, 11) is 1.62. The van der Waals surface area contributed by atoms with E-state index in [-0.39, 0.29) is 27.5 Å². The second kappa shape index (κ2) is 7.41. The predicted octanol–water partition coefficient (Wildman–Crippen LogP) is 4.52. The lowest BCUT2D eigenvalue weighted by atomic mass is 10.1. The number of carboxylic acids is 1. The van der Waals surface area contributed by atoms with Gasteiger partial charge in [0.15, 0.2) is 5.82 Å². The van der Waals surface area contributed by atoms with Gasteiger partial charge in [-0.25, -0.2) is 9.78 Å². The summed E-state index contributed by atoms with van der Waals surface area (Å²) in [6.45, 7) is 0. The first kappa shape index (κ1) is 18.7. The number of carboxylic acid groups (broad SMARTS) is 1. The standard InChI is InChI=1S/C22H15ClN2O4/c1-29-16-6-4-13-8-12(2-3-14(13)10-16)9-18(23)20-24-19-11-15(22(27)28)5-7-17(19)21(26)25-20/h2-11H,1H3,(H,27,28)(H,24,25,26)/b18-9-. The molecular formula is C22H15ClN2O4. The van der Waals surface area contributed by atoms with Gasteiger partial charge in [0.05, 0.1) is 28.6 Å². The molecule has 0 aliphatic carbocycles. The Balaban J connectivity index is 1.76. The van der Waals surface area contributed by atoms with Crippen LogP contribution >= 0.6 is 11.6 Å². The van der Waals surface area contributed by atoms with Crippen LogP contribution in [0.5, 0.6) is 5.75 Å². The van der Waals surface area contributed by atoms with Crippen molar-refractivity contribution in [1.29, 1.82) is 0 Å².